The van der Waals surface area contributed by atoms with E-state index in [1.807, 2.05) is 12.1 Å². The number of carbonyl (C=O) groups is 1. The third kappa shape index (κ3) is 3.33. The monoisotopic (exact) mass is 299 g/mol. The zero-order valence-electron chi connectivity index (χ0n) is 9.27. The molecule has 0 bridgehead atoms. The highest BCUT2D eigenvalue weighted by Gasteiger charge is 2.20. The topological polar surface area (TPSA) is 65.5 Å². The summed E-state index contributed by atoms with van der Waals surface area (Å²) in [6.45, 7) is 1.67. The maximum absolute atomic E-state index is 10.5. The van der Waals surface area contributed by atoms with E-state index in [9.17, 15) is 4.79 Å². The molecular weight excluding hydrogens is 286 g/mol. The fourth-order valence-corrected chi connectivity index (χ4v) is 2.22. The fourth-order valence-electron chi connectivity index (χ4n) is 1.98. The van der Waals surface area contributed by atoms with Crippen molar-refractivity contribution in [2.45, 2.75) is 18.9 Å². The standard InChI is InChI=1S/C11H14BrN3O2/c12-8-1-2-10(13-7-8)15-5-3-9(4-6-15)14-11(16)17/h1-2,7,9,14H,3-6H2,(H,16,17). The highest BCUT2D eigenvalue weighted by atomic mass is 79.9. The normalized spacial score (nSPS) is 16.9. The van der Waals surface area contributed by atoms with E-state index < -0.39 is 6.09 Å². The van der Waals surface area contributed by atoms with Crippen LogP contribution in [-0.2, 0) is 0 Å². The number of nitrogens with one attached hydrogen (secondary N) is 1. The molecule has 0 aromatic carbocycles. The quantitative estimate of drug-likeness (QED) is 0.877. The fraction of sp³-hybridized carbons (Fsp3) is 0.455. The molecule has 0 atom stereocenters. The second kappa shape index (κ2) is 5.35. The molecular formula is C11H14BrN3O2. The van der Waals surface area contributed by atoms with Crippen LogP contribution in [0.4, 0.5) is 10.6 Å². The van der Waals surface area contributed by atoms with Gasteiger partial charge in [0, 0.05) is 29.8 Å². The van der Waals surface area contributed by atoms with Crippen LogP contribution in [0.1, 0.15) is 12.8 Å². The van der Waals surface area contributed by atoms with Gasteiger partial charge in [-0.05, 0) is 40.9 Å². The molecule has 2 N–H and O–H groups in total. The molecule has 6 heteroatoms. The molecule has 1 aromatic heterocycles. The van der Waals surface area contributed by atoms with Crippen molar-refractivity contribution < 1.29 is 9.90 Å². The number of anilines is 1. The summed E-state index contributed by atoms with van der Waals surface area (Å²) in [5.41, 5.74) is 0. The van der Waals surface area contributed by atoms with E-state index >= 15 is 0 Å². The number of nitrogens with zero attached hydrogens (tertiary/aromatic N) is 2. The maximum Gasteiger partial charge on any atom is 0.404 e. The van der Waals surface area contributed by atoms with Crippen LogP contribution < -0.4 is 10.2 Å². The Morgan fingerprint density at radius 2 is 2.18 bits per heavy atom. The first-order valence-corrected chi connectivity index (χ1v) is 6.30. The van der Waals surface area contributed by atoms with Crippen LogP contribution in [0.15, 0.2) is 22.8 Å². The van der Waals surface area contributed by atoms with Crippen LogP contribution in [0, 0.1) is 0 Å². The molecule has 0 radical (unpaired) electrons. The lowest BCUT2D eigenvalue weighted by Crippen LogP contribution is -2.44. The molecule has 0 aliphatic carbocycles. The minimum Gasteiger partial charge on any atom is -0.465 e. The van der Waals surface area contributed by atoms with Crippen molar-refractivity contribution in [3.63, 3.8) is 0 Å². The average molecular weight is 300 g/mol. The Balaban J connectivity index is 1.90. The Morgan fingerprint density at radius 1 is 1.47 bits per heavy atom. The Labute approximate surface area is 108 Å². The van der Waals surface area contributed by atoms with Gasteiger partial charge in [0.1, 0.15) is 5.82 Å². The largest absolute Gasteiger partial charge is 0.465 e. The van der Waals surface area contributed by atoms with Gasteiger partial charge in [-0.3, -0.25) is 0 Å². The van der Waals surface area contributed by atoms with Gasteiger partial charge in [-0.25, -0.2) is 9.78 Å². The SMILES string of the molecule is O=C(O)NC1CCN(c2ccc(Br)cn2)CC1. The minimum absolute atomic E-state index is 0.0687. The molecule has 1 amide bonds. The molecule has 2 heterocycles. The lowest BCUT2D eigenvalue weighted by Gasteiger charge is -2.32. The predicted octanol–water partition coefficient (Wildman–Crippen LogP) is 2.08. The number of pyridine rings is 1. The average Bonchev–Trinajstić information content (AvgIpc) is 2.30. The summed E-state index contributed by atoms with van der Waals surface area (Å²) in [6, 6.07) is 4.00. The van der Waals surface area contributed by atoms with Crippen molar-refractivity contribution >= 4 is 27.8 Å². The van der Waals surface area contributed by atoms with Gasteiger partial charge in [0.05, 0.1) is 0 Å². The summed E-state index contributed by atoms with van der Waals surface area (Å²) in [6.07, 6.45) is 2.48. The Hall–Kier alpha value is -1.30. The second-order valence-electron chi connectivity index (χ2n) is 4.05. The lowest BCUT2D eigenvalue weighted by atomic mass is 10.1. The zero-order chi connectivity index (χ0) is 12.3. The smallest absolute Gasteiger partial charge is 0.404 e. The van der Waals surface area contributed by atoms with Crippen molar-refractivity contribution in [1.29, 1.82) is 0 Å². The lowest BCUT2D eigenvalue weighted by molar-refractivity contribution is 0.187. The molecule has 2 rings (SSSR count). The Morgan fingerprint density at radius 3 is 2.71 bits per heavy atom. The first kappa shape index (κ1) is 12.2. The van der Waals surface area contributed by atoms with Crippen LogP contribution >= 0.6 is 15.9 Å². The van der Waals surface area contributed by atoms with Crippen LogP contribution in [-0.4, -0.2) is 35.3 Å². The zero-order valence-corrected chi connectivity index (χ0v) is 10.9. The molecule has 17 heavy (non-hydrogen) atoms. The summed E-state index contributed by atoms with van der Waals surface area (Å²) in [7, 11) is 0. The van der Waals surface area contributed by atoms with Gasteiger partial charge in [-0.2, -0.15) is 0 Å². The summed E-state index contributed by atoms with van der Waals surface area (Å²) in [5, 5.41) is 11.2. The number of hydrogen-bond donors (Lipinski definition) is 2. The minimum atomic E-state index is -0.940. The molecule has 1 aromatic rings. The van der Waals surface area contributed by atoms with Gasteiger partial charge in [-0.15, -0.1) is 0 Å². The van der Waals surface area contributed by atoms with Gasteiger partial charge < -0.3 is 15.3 Å². The van der Waals surface area contributed by atoms with Gasteiger partial charge in [-0.1, -0.05) is 0 Å². The number of amides is 1. The van der Waals surface area contributed by atoms with E-state index in [-0.39, 0.29) is 6.04 Å². The van der Waals surface area contributed by atoms with Crippen molar-refractivity contribution in [3.8, 4) is 0 Å². The van der Waals surface area contributed by atoms with Gasteiger partial charge >= 0.3 is 6.09 Å². The van der Waals surface area contributed by atoms with Crippen LogP contribution in [0.25, 0.3) is 0 Å². The van der Waals surface area contributed by atoms with Crippen LogP contribution in [0.5, 0.6) is 0 Å². The number of piperidine rings is 1. The highest BCUT2D eigenvalue weighted by molar-refractivity contribution is 9.10. The van der Waals surface area contributed by atoms with Crippen molar-refractivity contribution in [2.24, 2.45) is 0 Å². The molecule has 1 fully saturated rings. The summed E-state index contributed by atoms with van der Waals surface area (Å²) in [4.78, 5) is 17.0. The number of rotatable bonds is 2. The summed E-state index contributed by atoms with van der Waals surface area (Å²) < 4.78 is 0.962. The molecule has 1 aliphatic heterocycles. The summed E-state index contributed by atoms with van der Waals surface area (Å²) >= 11 is 3.35. The molecule has 0 unspecified atom stereocenters. The third-order valence-electron chi connectivity index (χ3n) is 2.86. The number of carboxylic acid groups (broad SMARTS) is 1. The van der Waals surface area contributed by atoms with E-state index in [1.54, 1.807) is 6.20 Å². The van der Waals surface area contributed by atoms with Crippen molar-refractivity contribution in [3.05, 3.63) is 22.8 Å². The molecule has 0 spiro atoms. The maximum atomic E-state index is 10.5. The van der Waals surface area contributed by atoms with E-state index in [1.165, 1.54) is 0 Å². The third-order valence-corrected chi connectivity index (χ3v) is 3.33. The Kier molecular flexibility index (Phi) is 3.83. The number of halogens is 1. The van der Waals surface area contributed by atoms with Crippen molar-refractivity contribution in [2.75, 3.05) is 18.0 Å². The van der Waals surface area contributed by atoms with E-state index in [0.29, 0.717) is 0 Å². The number of hydrogen-bond acceptors (Lipinski definition) is 3. The number of aromatic nitrogens is 1. The first-order valence-electron chi connectivity index (χ1n) is 5.51. The Bertz CT molecular complexity index is 388. The van der Waals surface area contributed by atoms with Crippen LogP contribution in [0.2, 0.25) is 0 Å². The van der Waals surface area contributed by atoms with Crippen molar-refractivity contribution in [1.82, 2.24) is 10.3 Å². The molecule has 92 valence electrons. The van der Waals surface area contributed by atoms with Gasteiger partial charge in [0.15, 0.2) is 0 Å². The molecule has 0 saturated carbocycles. The molecule has 5 nitrogen and oxygen atoms in total. The van der Waals surface area contributed by atoms with E-state index in [0.717, 1.165) is 36.2 Å². The van der Waals surface area contributed by atoms with Gasteiger partial charge in [0.25, 0.3) is 0 Å². The predicted molar refractivity (Wildman–Crippen MR) is 68.3 cm³/mol. The van der Waals surface area contributed by atoms with E-state index in [4.69, 9.17) is 5.11 Å². The molecule has 1 aliphatic rings. The summed E-state index contributed by atoms with van der Waals surface area (Å²) in [5.74, 6) is 0.946. The highest BCUT2D eigenvalue weighted by Crippen LogP contribution is 2.19. The molecule has 1 saturated heterocycles. The van der Waals surface area contributed by atoms with Gasteiger partial charge in [0.2, 0.25) is 0 Å². The second-order valence-corrected chi connectivity index (χ2v) is 4.96. The van der Waals surface area contributed by atoms with Crippen LogP contribution in [0.3, 0.4) is 0 Å². The van der Waals surface area contributed by atoms with E-state index in [2.05, 4.69) is 31.1 Å². The first-order chi connectivity index (χ1) is 8.15.